The first-order valence-electron chi connectivity index (χ1n) is 10.7. The highest BCUT2D eigenvalue weighted by atomic mass is 19.1. The number of nitrogens with zero attached hydrogens (tertiary/aromatic N) is 4. The van der Waals surface area contributed by atoms with Gasteiger partial charge in [0.1, 0.15) is 11.5 Å². The molecular weight excluding hydrogens is 402 g/mol. The van der Waals surface area contributed by atoms with Gasteiger partial charge in [-0.3, -0.25) is 4.79 Å². The van der Waals surface area contributed by atoms with E-state index in [1.165, 1.54) is 18.2 Å². The number of likely N-dealkylation sites (tertiary alicyclic amines) is 1. The average molecular weight is 428 g/mol. The smallest absolute Gasteiger partial charge is 0.276 e. The van der Waals surface area contributed by atoms with Crippen molar-refractivity contribution in [1.82, 2.24) is 15.0 Å². The minimum absolute atomic E-state index is 0.0748. The molecule has 6 nitrogen and oxygen atoms in total. The molecule has 2 aliphatic rings. The van der Waals surface area contributed by atoms with Gasteiger partial charge in [0, 0.05) is 37.8 Å². The van der Waals surface area contributed by atoms with Crippen molar-refractivity contribution in [2.45, 2.75) is 57.3 Å². The highest BCUT2D eigenvalue weighted by Crippen LogP contribution is 2.34. The lowest BCUT2D eigenvalue weighted by molar-refractivity contribution is 0.0460. The molecule has 0 unspecified atom stereocenters. The van der Waals surface area contributed by atoms with Crippen molar-refractivity contribution in [2.24, 2.45) is 0 Å². The van der Waals surface area contributed by atoms with Crippen LogP contribution in [-0.4, -0.2) is 58.3 Å². The van der Waals surface area contributed by atoms with Gasteiger partial charge in [-0.2, -0.15) is 5.26 Å². The first-order valence-corrected chi connectivity index (χ1v) is 10.7. The summed E-state index contributed by atoms with van der Waals surface area (Å²) >= 11 is 0. The molecular formula is C23H26F2N4O2. The van der Waals surface area contributed by atoms with Gasteiger partial charge in [-0.25, -0.2) is 8.78 Å². The van der Waals surface area contributed by atoms with Crippen molar-refractivity contribution < 1.29 is 18.1 Å². The van der Waals surface area contributed by atoms with Crippen LogP contribution in [0.15, 0.2) is 28.8 Å². The Morgan fingerprint density at radius 2 is 1.94 bits per heavy atom. The molecule has 0 spiro atoms. The van der Waals surface area contributed by atoms with E-state index in [1.54, 1.807) is 13.8 Å². The minimum atomic E-state index is -1.24. The molecule has 1 aromatic heterocycles. The highest BCUT2D eigenvalue weighted by Gasteiger charge is 2.40. The maximum atomic E-state index is 14.3. The van der Waals surface area contributed by atoms with Crippen LogP contribution in [-0.2, 0) is 0 Å². The second kappa shape index (κ2) is 8.39. The summed E-state index contributed by atoms with van der Waals surface area (Å²) in [6.45, 7) is 5.04. The van der Waals surface area contributed by atoms with Crippen LogP contribution >= 0.6 is 0 Å². The third kappa shape index (κ3) is 4.93. The zero-order chi connectivity index (χ0) is 22.2. The Hall–Kier alpha value is -2.79. The van der Waals surface area contributed by atoms with Gasteiger partial charge in [0.25, 0.3) is 5.91 Å². The molecule has 2 heterocycles. The maximum Gasteiger partial charge on any atom is 0.276 e. The summed E-state index contributed by atoms with van der Waals surface area (Å²) in [5, 5.41) is 12.8. The maximum absolute atomic E-state index is 14.3. The number of aromatic nitrogens is 1. The third-order valence-corrected chi connectivity index (χ3v) is 5.82. The standard InChI is InChI=1S/C23H26F2N4O2/c1-23(2,25)14-28-9-7-17(8-10-28)29(16-4-5-16)22(30)20-12-21(31-27-20)18-6-3-15(13-26)11-19(18)24/h3,6,11-12,16-17H,4-5,7-10,14H2,1-2H3. The van der Waals surface area contributed by atoms with Crippen LogP contribution in [0, 0.1) is 17.1 Å². The van der Waals surface area contributed by atoms with Gasteiger partial charge in [0.05, 0.1) is 17.2 Å². The Morgan fingerprint density at radius 1 is 1.26 bits per heavy atom. The van der Waals surface area contributed by atoms with Crippen molar-refractivity contribution in [1.29, 1.82) is 5.26 Å². The molecule has 0 bridgehead atoms. The van der Waals surface area contributed by atoms with E-state index in [-0.39, 0.29) is 40.6 Å². The topological polar surface area (TPSA) is 73.4 Å². The van der Waals surface area contributed by atoms with Crippen molar-refractivity contribution in [3.8, 4) is 17.4 Å². The van der Waals surface area contributed by atoms with Crippen LogP contribution in [0.25, 0.3) is 11.3 Å². The van der Waals surface area contributed by atoms with Crippen molar-refractivity contribution in [2.75, 3.05) is 19.6 Å². The van der Waals surface area contributed by atoms with Gasteiger partial charge in [-0.05, 0) is 57.7 Å². The van der Waals surface area contributed by atoms with Crippen LogP contribution < -0.4 is 0 Å². The number of halogens is 2. The van der Waals surface area contributed by atoms with Gasteiger partial charge in [-0.1, -0.05) is 5.16 Å². The fraction of sp³-hybridized carbons (Fsp3) is 0.522. The molecule has 0 N–H and O–H groups in total. The van der Waals surface area contributed by atoms with Gasteiger partial charge < -0.3 is 14.3 Å². The molecule has 1 saturated carbocycles. The molecule has 2 fully saturated rings. The lowest BCUT2D eigenvalue weighted by Crippen LogP contribution is -2.50. The number of benzene rings is 1. The molecule has 31 heavy (non-hydrogen) atoms. The molecule has 1 aromatic carbocycles. The van der Waals surface area contributed by atoms with Crippen LogP contribution in [0.5, 0.6) is 0 Å². The van der Waals surface area contributed by atoms with E-state index < -0.39 is 11.5 Å². The Kier molecular flexibility index (Phi) is 5.80. The first-order chi connectivity index (χ1) is 14.7. The number of carbonyl (C=O) groups excluding carboxylic acids is 1. The summed E-state index contributed by atoms with van der Waals surface area (Å²) in [7, 11) is 0. The molecule has 164 valence electrons. The lowest BCUT2D eigenvalue weighted by atomic mass is 10.0. The summed E-state index contributed by atoms with van der Waals surface area (Å²) in [6.07, 6.45) is 3.48. The van der Waals surface area contributed by atoms with Crippen molar-refractivity contribution in [3.05, 3.63) is 41.3 Å². The molecule has 0 radical (unpaired) electrons. The fourth-order valence-corrected chi connectivity index (χ4v) is 4.29. The quantitative estimate of drug-likeness (QED) is 0.691. The van der Waals surface area contributed by atoms with Crippen LogP contribution in [0.4, 0.5) is 8.78 Å². The van der Waals surface area contributed by atoms with Gasteiger partial charge in [0.2, 0.25) is 0 Å². The molecule has 0 atom stereocenters. The van der Waals surface area contributed by atoms with Crippen LogP contribution in [0.2, 0.25) is 0 Å². The molecule has 1 saturated heterocycles. The molecule has 1 aliphatic heterocycles. The summed E-state index contributed by atoms with van der Waals surface area (Å²) in [5.74, 6) is -0.659. The normalized spacial score (nSPS) is 18.0. The predicted molar refractivity (Wildman–Crippen MR) is 110 cm³/mol. The molecule has 1 aliphatic carbocycles. The summed E-state index contributed by atoms with van der Waals surface area (Å²) in [6, 6.07) is 7.68. The third-order valence-electron chi connectivity index (χ3n) is 5.82. The van der Waals surface area contributed by atoms with E-state index in [0.29, 0.717) is 6.54 Å². The predicted octanol–water partition coefficient (Wildman–Crippen LogP) is 4.17. The van der Waals surface area contributed by atoms with E-state index in [2.05, 4.69) is 10.1 Å². The van der Waals surface area contributed by atoms with E-state index in [0.717, 1.165) is 44.8 Å². The number of alkyl halides is 1. The minimum Gasteiger partial charge on any atom is -0.355 e. The highest BCUT2D eigenvalue weighted by molar-refractivity contribution is 5.93. The molecule has 2 aromatic rings. The van der Waals surface area contributed by atoms with Gasteiger partial charge in [0.15, 0.2) is 11.5 Å². The summed E-state index contributed by atoms with van der Waals surface area (Å²) < 4.78 is 33.5. The Labute approximate surface area is 180 Å². The lowest BCUT2D eigenvalue weighted by Gasteiger charge is -2.39. The van der Waals surface area contributed by atoms with Crippen molar-refractivity contribution >= 4 is 5.91 Å². The SMILES string of the molecule is CC(C)(F)CN1CCC(N(C(=O)c2cc(-c3ccc(C#N)cc3F)on2)C2CC2)CC1. The number of rotatable bonds is 6. The number of carbonyl (C=O) groups is 1. The van der Waals surface area contributed by atoms with E-state index in [9.17, 15) is 13.6 Å². The first kappa shape index (κ1) is 21.4. The summed E-state index contributed by atoms with van der Waals surface area (Å²) in [4.78, 5) is 17.3. The van der Waals surface area contributed by atoms with Gasteiger partial charge in [-0.15, -0.1) is 0 Å². The zero-order valence-electron chi connectivity index (χ0n) is 17.8. The number of nitriles is 1. The molecule has 1 amide bonds. The Morgan fingerprint density at radius 3 is 2.52 bits per heavy atom. The summed E-state index contributed by atoms with van der Waals surface area (Å²) in [5.41, 5.74) is -0.723. The van der Waals surface area contributed by atoms with Crippen LogP contribution in [0.3, 0.4) is 0 Å². The van der Waals surface area contributed by atoms with E-state index in [4.69, 9.17) is 9.78 Å². The number of piperidine rings is 1. The number of hydrogen-bond acceptors (Lipinski definition) is 5. The second-order valence-electron chi connectivity index (χ2n) is 9.05. The zero-order valence-corrected chi connectivity index (χ0v) is 17.8. The Bertz CT molecular complexity index is 996. The molecule has 4 rings (SSSR count). The largest absolute Gasteiger partial charge is 0.355 e. The second-order valence-corrected chi connectivity index (χ2v) is 9.05. The van der Waals surface area contributed by atoms with E-state index in [1.807, 2.05) is 11.0 Å². The monoisotopic (exact) mass is 428 g/mol. The number of hydrogen-bond donors (Lipinski definition) is 0. The number of amides is 1. The van der Waals surface area contributed by atoms with Crippen molar-refractivity contribution in [3.63, 3.8) is 0 Å². The fourth-order valence-electron chi connectivity index (χ4n) is 4.29. The Balaban J connectivity index is 1.47. The van der Waals surface area contributed by atoms with Gasteiger partial charge >= 0.3 is 0 Å². The van der Waals surface area contributed by atoms with E-state index >= 15 is 0 Å². The van der Waals surface area contributed by atoms with Crippen LogP contribution in [0.1, 0.15) is 55.6 Å². The molecule has 8 heteroatoms. The average Bonchev–Trinajstić information content (AvgIpc) is 3.43.